The third-order valence-corrected chi connectivity index (χ3v) is 5.73. The molecular weight excluding hydrogens is 428 g/mol. The molecule has 0 aliphatic carbocycles. The molecule has 4 rings (SSSR count). The van der Waals surface area contributed by atoms with Crippen molar-refractivity contribution in [3.05, 3.63) is 94.5 Å². The van der Waals surface area contributed by atoms with Crippen LogP contribution in [0.5, 0.6) is 0 Å². The minimum Gasteiger partial charge on any atom is -0.378 e. The predicted octanol–water partition coefficient (Wildman–Crippen LogP) is 5.06. The summed E-state index contributed by atoms with van der Waals surface area (Å²) in [5.74, 6) is -0.413. The summed E-state index contributed by atoms with van der Waals surface area (Å²) in [5, 5.41) is 3.10. The molecule has 1 aliphatic rings. The normalized spacial score (nSPS) is 14.1. The highest BCUT2D eigenvalue weighted by molar-refractivity contribution is 9.10. The molecule has 1 N–H and O–H groups in total. The lowest BCUT2D eigenvalue weighted by molar-refractivity contribution is -0.116. The summed E-state index contributed by atoms with van der Waals surface area (Å²) in [6.07, 6.45) is 0. The van der Waals surface area contributed by atoms with E-state index < -0.39 is 0 Å². The standard InChI is InChI=1S/C24H23BrN2O2/c25-21-17-20(11-12-22(21)27-13-15-29-16-14-27)26-24(28)23(18-7-3-1-4-8-18)19-9-5-2-6-10-19/h1-12,17,23H,13-16H2,(H,26,28). The maximum atomic E-state index is 13.3. The van der Waals surface area contributed by atoms with E-state index in [0.717, 1.165) is 53.3 Å². The summed E-state index contributed by atoms with van der Waals surface area (Å²) in [6, 6.07) is 25.7. The Morgan fingerprint density at radius 1 is 0.897 bits per heavy atom. The van der Waals surface area contributed by atoms with Crippen molar-refractivity contribution < 1.29 is 9.53 Å². The highest BCUT2D eigenvalue weighted by atomic mass is 79.9. The molecule has 3 aromatic rings. The van der Waals surface area contributed by atoms with Crippen LogP contribution in [0, 0.1) is 0 Å². The number of morpholine rings is 1. The van der Waals surface area contributed by atoms with Gasteiger partial charge in [0, 0.05) is 23.2 Å². The summed E-state index contributed by atoms with van der Waals surface area (Å²) < 4.78 is 6.40. The first-order valence-electron chi connectivity index (χ1n) is 9.75. The van der Waals surface area contributed by atoms with Gasteiger partial charge in [-0.25, -0.2) is 0 Å². The number of benzene rings is 3. The van der Waals surface area contributed by atoms with E-state index in [2.05, 4.69) is 26.1 Å². The molecule has 0 bridgehead atoms. The summed E-state index contributed by atoms with van der Waals surface area (Å²) in [6.45, 7) is 3.21. The monoisotopic (exact) mass is 450 g/mol. The van der Waals surface area contributed by atoms with Crippen molar-refractivity contribution in [2.45, 2.75) is 5.92 Å². The summed E-state index contributed by atoms with van der Waals surface area (Å²) in [5.41, 5.74) is 3.84. The number of rotatable bonds is 5. The lowest BCUT2D eigenvalue weighted by Crippen LogP contribution is -2.36. The Morgan fingerprint density at radius 3 is 2.03 bits per heavy atom. The van der Waals surface area contributed by atoms with Gasteiger partial charge in [0.2, 0.25) is 5.91 Å². The molecule has 4 nitrogen and oxygen atoms in total. The first kappa shape index (κ1) is 19.7. The number of amides is 1. The van der Waals surface area contributed by atoms with Crippen molar-refractivity contribution in [3.8, 4) is 0 Å². The van der Waals surface area contributed by atoms with Gasteiger partial charge in [-0.1, -0.05) is 60.7 Å². The number of anilines is 2. The Labute approximate surface area is 179 Å². The SMILES string of the molecule is O=C(Nc1ccc(N2CCOCC2)c(Br)c1)C(c1ccccc1)c1ccccc1. The molecule has 0 aromatic heterocycles. The quantitative estimate of drug-likeness (QED) is 0.590. The van der Waals surface area contributed by atoms with Gasteiger partial charge in [0.05, 0.1) is 24.8 Å². The summed E-state index contributed by atoms with van der Waals surface area (Å²) in [7, 11) is 0. The van der Waals surface area contributed by atoms with Crippen molar-refractivity contribution in [1.29, 1.82) is 0 Å². The van der Waals surface area contributed by atoms with Crippen LogP contribution in [0.3, 0.4) is 0 Å². The number of hydrogen-bond acceptors (Lipinski definition) is 3. The Hall–Kier alpha value is -2.63. The number of nitrogens with one attached hydrogen (secondary N) is 1. The first-order chi connectivity index (χ1) is 14.2. The van der Waals surface area contributed by atoms with E-state index in [-0.39, 0.29) is 11.8 Å². The van der Waals surface area contributed by atoms with Gasteiger partial charge in [-0.2, -0.15) is 0 Å². The van der Waals surface area contributed by atoms with Crippen molar-refractivity contribution >= 4 is 33.2 Å². The number of halogens is 1. The molecule has 0 unspecified atom stereocenters. The van der Waals surface area contributed by atoms with Crippen molar-refractivity contribution in [1.82, 2.24) is 0 Å². The van der Waals surface area contributed by atoms with Crippen LogP contribution in [-0.4, -0.2) is 32.2 Å². The molecule has 0 radical (unpaired) electrons. The lowest BCUT2D eigenvalue weighted by atomic mass is 9.90. The van der Waals surface area contributed by atoms with E-state index in [1.807, 2.05) is 78.9 Å². The highest BCUT2D eigenvalue weighted by Crippen LogP contribution is 2.31. The molecule has 148 valence electrons. The average molecular weight is 451 g/mol. The van der Waals surface area contributed by atoms with E-state index >= 15 is 0 Å². The van der Waals surface area contributed by atoms with Crippen LogP contribution in [-0.2, 0) is 9.53 Å². The molecule has 29 heavy (non-hydrogen) atoms. The number of ether oxygens (including phenoxy) is 1. The molecule has 1 heterocycles. The predicted molar refractivity (Wildman–Crippen MR) is 121 cm³/mol. The Balaban J connectivity index is 1.57. The summed E-state index contributed by atoms with van der Waals surface area (Å²) >= 11 is 3.67. The summed E-state index contributed by atoms with van der Waals surface area (Å²) in [4.78, 5) is 15.5. The van der Waals surface area contributed by atoms with Gasteiger partial charge < -0.3 is 15.0 Å². The van der Waals surface area contributed by atoms with E-state index in [1.165, 1.54) is 0 Å². The molecule has 1 aliphatic heterocycles. The maximum absolute atomic E-state index is 13.3. The molecule has 1 fully saturated rings. The van der Waals surface area contributed by atoms with Gasteiger partial charge in [0.25, 0.3) is 0 Å². The van der Waals surface area contributed by atoms with Gasteiger partial charge in [0.15, 0.2) is 0 Å². The molecule has 1 saturated heterocycles. The van der Waals surface area contributed by atoms with E-state index in [4.69, 9.17) is 4.74 Å². The van der Waals surface area contributed by atoms with Crippen molar-refractivity contribution in [3.63, 3.8) is 0 Å². The topological polar surface area (TPSA) is 41.6 Å². The fourth-order valence-corrected chi connectivity index (χ4v) is 4.28. The second-order valence-corrected chi connectivity index (χ2v) is 7.86. The second kappa shape index (κ2) is 9.25. The van der Waals surface area contributed by atoms with Gasteiger partial charge in [0.1, 0.15) is 0 Å². The number of carbonyl (C=O) groups is 1. The fraction of sp³-hybridized carbons (Fsp3) is 0.208. The van der Waals surface area contributed by atoms with Crippen LogP contribution in [0.1, 0.15) is 17.0 Å². The van der Waals surface area contributed by atoms with Gasteiger partial charge in [-0.05, 0) is 45.3 Å². The molecule has 1 amide bonds. The van der Waals surface area contributed by atoms with E-state index in [1.54, 1.807) is 0 Å². The van der Waals surface area contributed by atoms with Gasteiger partial charge >= 0.3 is 0 Å². The fourth-order valence-electron chi connectivity index (χ4n) is 3.65. The number of nitrogens with zero attached hydrogens (tertiary/aromatic N) is 1. The lowest BCUT2D eigenvalue weighted by Gasteiger charge is -2.30. The maximum Gasteiger partial charge on any atom is 0.236 e. The molecule has 3 aromatic carbocycles. The Bertz CT molecular complexity index is 918. The van der Waals surface area contributed by atoms with Gasteiger partial charge in [-0.3, -0.25) is 4.79 Å². The zero-order valence-electron chi connectivity index (χ0n) is 16.1. The Kier molecular flexibility index (Phi) is 6.27. The van der Waals surface area contributed by atoms with E-state index in [9.17, 15) is 4.79 Å². The number of hydrogen-bond donors (Lipinski definition) is 1. The third kappa shape index (κ3) is 4.69. The van der Waals surface area contributed by atoms with Crippen molar-refractivity contribution in [2.24, 2.45) is 0 Å². The van der Waals surface area contributed by atoms with Gasteiger partial charge in [-0.15, -0.1) is 0 Å². The molecule has 0 spiro atoms. The minimum atomic E-state index is -0.366. The minimum absolute atomic E-state index is 0.0478. The first-order valence-corrected chi connectivity index (χ1v) is 10.5. The van der Waals surface area contributed by atoms with Crippen LogP contribution in [0.25, 0.3) is 0 Å². The smallest absolute Gasteiger partial charge is 0.236 e. The van der Waals surface area contributed by atoms with Crippen LogP contribution >= 0.6 is 15.9 Å². The van der Waals surface area contributed by atoms with Crippen LogP contribution in [0.4, 0.5) is 11.4 Å². The highest BCUT2D eigenvalue weighted by Gasteiger charge is 2.23. The molecule has 5 heteroatoms. The van der Waals surface area contributed by atoms with E-state index in [0.29, 0.717) is 0 Å². The van der Waals surface area contributed by atoms with Crippen LogP contribution < -0.4 is 10.2 Å². The van der Waals surface area contributed by atoms with Crippen molar-refractivity contribution in [2.75, 3.05) is 36.5 Å². The molecule has 0 atom stereocenters. The Morgan fingerprint density at radius 2 is 1.48 bits per heavy atom. The van der Waals surface area contributed by atoms with Crippen LogP contribution in [0.15, 0.2) is 83.3 Å². The second-order valence-electron chi connectivity index (χ2n) is 7.01. The zero-order chi connectivity index (χ0) is 20.1. The zero-order valence-corrected chi connectivity index (χ0v) is 17.6. The third-order valence-electron chi connectivity index (χ3n) is 5.09. The van der Waals surface area contributed by atoms with Crippen LogP contribution in [0.2, 0.25) is 0 Å². The largest absolute Gasteiger partial charge is 0.378 e. The molecule has 0 saturated carbocycles. The average Bonchev–Trinajstić information content (AvgIpc) is 2.76. The molecular formula is C24H23BrN2O2. The number of carbonyl (C=O) groups excluding carboxylic acids is 1.